The first-order valence-electron chi connectivity index (χ1n) is 7.48. The quantitative estimate of drug-likeness (QED) is 0.747. The molecule has 0 spiro atoms. The molecule has 1 heterocycles. The zero-order valence-corrected chi connectivity index (χ0v) is 14.1. The fourth-order valence-electron chi connectivity index (χ4n) is 2.59. The second kappa shape index (κ2) is 7.23. The summed E-state index contributed by atoms with van der Waals surface area (Å²) in [6, 6.07) is 5.85. The summed E-state index contributed by atoms with van der Waals surface area (Å²) >= 11 is 0. The van der Waals surface area contributed by atoms with Gasteiger partial charge in [0.25, 0.3) is 0 Å². The van der Waals surface area contributed by atoms with Crippen LogP contribution in [0.4, 0.5) is 5.69 Å². The number of carbonyl (C=O) groups is 1. The highest BCUT2D eigenvalue weighted by molar-refractivity contribution is 7.57. The van der Waals surface area contributed by atoms with E-state index in [4.69, 9.17) is 9.05 Å². The summed E-state index contributed by atoms with van der Waals surface area (Å²) in [7, 11) is -3.24. The zero-order chi connectivity index (χ0) is 16.2. The smallest absolute Gasteiger partial charge is 0.311 e. The van der Waals surface area contributed by atoms with Gasteiger partial charge in [-0.2, -0.15) is 0 Å². The number of anilines is 1. The van der Waals surface area contributed by atoms with E-state index in [1.54, 1.807) is 31.7 Å². The first kappa shape index (κ1) is 16.9. The van der Waals surface area contributed by atoms with Crippen molar-refractivity contribution in [2.45, 2.75) is 27.2 Å². The Morgan fingerprint density at radius 1 is 1.32 bits per heavy atom. The fraction of sp³-hybridized carbons (Fsp3) is 0.438. The van der Waals surface area contributed by atoms with Gasteiger partial charge in [0, 0.05) is 19.3 Å². The zero-order valence-electron chi connectivity index (χ0n) is 13.2. The normalized spacial score (nSPS) is 14.6. The third-order valence-corrected chi connectivity index (χ3v) is 5.21. The van der Waals surface area contributed by atoms with Gasteiger partial charge >= 0.3 is 7.60 Å². The van der Waals surface area contributed by atoms with E-state index >= 15 is 0 Å². The molecular formula is C16H22NO4P. The number of para-hydroxylation sites is 1. The van der Waals surface area contributed by atoms with Gasteiger partial charge in [0.15, 0.2) is 0 Å². The molecule has 6 heteroatoms. The summed E-state index contributed by atoms with van der Waals surface area (Å²) in [5.41, 5.74) is 2.87. The Morgan fingerprint density at radius 2 is 2.00 bits per heavy atom. The van der Waals surface area contributed by atoms with Crippen LogP contribution in [0, 0.1) is 0 Å². The number of nitrogens with zero attached hydrogens (tertiary/aromatic N) is 1. The maximum Gasteiger partial charge on any atom is 0.354 e. The molecule has 0 unspecified atom stereocenters. The molecule has 1 aromatic carbocycles. The Kier molecular flexibility index (Phi) is 5.57. The SMILES string of the molecule is CCOP(=O)(/C=C/c1cccc2c1N(C(C)=O)CC2)OCC. The molecule has 0 aromatic heterocycles. The molecule has 2 rings (SSSR count). The Bertz CT molecular complexity index is 617. The first-order valence-corrected chi connectivity index (χ1v) is 9.10. The van der Waals surface area contributed by atoms with Crippen molar-refractivity contribution >= 4 is 25.3 Å². The van der Waals surface area contributed by atoms with E-state index in [2.05, 4.69) is 0 Å². The molecule has 120 valence electrons. The highest BCUT2D eigenvalue weighted by Gasteiger charge is 2.25. The van der Waals surface area contributed by atoms with Gasteiger partial charge in [-0.15, -0.1) is 0 Å². The number of hydrogen-bond acceptors (Lipinski definition) is 4. The molecule has 0 aliphatic carbocycles. The Labute approximate surface area is 131 Å². The van der Waals surface area contributed by atoms with Gasteiger partial charge in [0.05, 0.1) is 18.9 Å². The van der Waals surface area contributed by atoms with Gasteiger partial charge in [0.1, 0.15) is 0 Å². The van der Waals surface area contributed by atoms with Crippen molar-refractivity contribution in [3.8, 4) is 0 Å². The lowest BCUT2D eigenvalue weighted by atomic mass is 10.1. The standard InChI is InChI=1S/C16H22NO4P/c1-4-20-22(19,21-5-2)12-10-15-8-6-7-14-9-11-17(13(3)18)16(14)15/h6-8,10,12H,4-5,9,11H2,1-3H3/b12-10+. The average Bonchev–Trinajstić information content (AvgIpc) is 2.90. The van der Waals surface area contributed by atoms with E-state index in [9.17, 15) is 9.36 Å². The lowest BCUT2D eigenvalue weighted by Crippen LogP contribution is -2.26. The van der Waals surface area contributed by atoms with Crippen LogP contribution >= 0.6 is 7.60 Å². The minimum atomic E-state index is -3.24. The van der Waals surface area contributed by atoms with Gasteiger partial charge in [-0.3, -0.25) is 9.36 Å². The largest absolute Gasteiger partial charge is 0.354 e. The van der Waals surface area contributed by atoms with E-state index in [1.807, 2.05) is 18.2 Å². The van der Waals surface area contributed by atoms with E-state index < -0.39 is 7.60 Å². The van der Waals surface area contributed by atoms with Crippen molar-refractivity contribution in [3.05, 3.63) is 35.1 Å². The highest BCUT2D eigenvalue weighted by atomic mass is 31.2. The van der Waals surface area contributed by atoms with Crippen molar-refractivity contribution in [2.24, 2.45) is 0 Å². The number of hydrogen-bond donors (Lipinski definition) is 0. The average molecular weight is 323 g/mol. The molecule has 0 fully saturated rings. The fourth-order valence-corrected chi connectivity index (χ4v) is 3.90. The number of fused-ring (bicyclic) bond motifs is 1. The molecule has 0 bridgehead atoms. The molecule has 0 radical (unpaired) electrons. The summed E-state index contributed by atoms with van der Waals surface area (Å²) in [6.07, 6.45) is 2.57. The van der Waals surface area contributed by atoms with E-state index in [1.165, 1.54) is 5.82 Å². The van der Waals surface area contributed by atoms with Crippen LogP contribution in [-0.4, -0.2) is 25.7 Å². The van der Waals surface area contributed by atoms with Crippen LogP contribution in [0.15, 0.2) is 24.0 Å². The van der Waals surface area contributed by atoms with Crippen molar-refractivity contribution < 1.29 is 18.4 Å². The Hall–Kier alpha value is -1.42. The molecule has 1 aliphatic heterocycles. The predicted molar refractivity (Wildman–Crippen MR) is 88.1 cm³/mol. The molecule has 1 aromatic rings. The van der Waals surface area contributed by atoms with E-state index in [0.29, 0.717) is 19.8 Å². The van der Waals surface area contributed by atoms with Crippen LogP contribution < -0.4 is 4.90 Å². The molecule has 0 saturated heterocycles. The topological polar surface area (TPSA) is 55.8 Å². The summed E-state index contributed by atoms with van der Waals surface area (Å²) in [4.78, 5) is 13.5. The maximum absolute atomic E-state index is 12.5. The van der Waals surface area contributed by atoms with Crippen LogP contribution in [-0.2, 0) is 24.8 Å². The molecule has 22 heavy (non-hydrogen) atoms. The van der Waals surface area contributed by atoms with Crippen LogP contribution in [0.2, 0.25) is 0 Å². The molecule has 0 saturated carbocycles. The molecular weight excluding hydrogens is 301 g/mol. The predicted octanol–water partition coefficient (Wildman–Crippen LogP) is 3.83. The molecule has 5 nitrogen and oxygen atoms in total. The van der Waals surface area contributed by atoms with Crippen LogP contribution in [0.25, 0.3) is 6.08 Å². The van der Waals surface area contributed by atoms with E-state index in [0.717, 1.165) is 23.2 Å². The lowest BCUT2D eigenvalue weighted by Gasteiger charge is -2.18. The van der Waals surface area contributed by atoms with Crippen molar-refractivity contribution in [1.29, 1.82) is 0 Å². The summed E-state index contributed by atoms with van der Waals surface area (Å²) in [6.45, 7) is 6.42. The maximum atomic E-state index is 12.5. The molecule has 0 atom stereocenters. The molecule has 1 amide bonds. The second-order valence-corrected chi connectivity index (χ2v) is 6.86. The third-order valence-electron chi connectivity index (χ3n) is 3.46. The van der Waals surface area contributed by atoms with Crippen molar-refractivity contribution in [3.63, 3.8) is 0 Å². The van der Waals surface area contributed by atoms with Gasteiger partial charge in [-0.05, 0) is 37.5 Å². The van der Waals surface area contributed by atoms with Crippen LogP contribution in [0.3, 0.4) is 0 Å². The number of benzene rings is 1. The molecule has 1 aliphatic rings. The first-order chi connectivity index (χ1) is 10.5. The monoisotopic (exact) mass is 323 g/mol. The Balaban J connectivity index is 2.34. The van der Waals surface area contributed by atoms with Gasteiger partial charge in [-0.1, -0.05) is 18.2 Å². The van der Waals surface area contributed by atoms with Crippen molar-refractivity contribution in [1.82, 2.24) is 0 Å². The Morgan fingerprint density at radius 3 is 2.59 bits per heavy atom. The number of rotatable bonds is 6. The third kappa shape index (κ3) is 3.67. The highest BCUT2D eigenvalue weighted by Crippen LogP contribution is 2.50. The number of amides is 1. The second-order valence-electron chi connectivity index (χ2n) is 4.97. The summed E-state index contributed by atoms with van der Waals surface area (Å²) < 4.78 is 23.0. The van der Waals surface area contributed by atoms with E-state index in [-0.39, 0.29) is 5.91 Å². The molecule has 0 N–H and O–H groups in total. The van der Waals surface area contributed by atoms with Crippen LogP contribution in [0.1, 0.15) is 31.9 Å². The van der Waals surface area contributed by atoms with Crippen molar-refractivity contribution in [2.75, 3.05) is 24.7 Å². The summed E-state index contributed by atoms with van der Waals surface area (Å²) in [5, 5.41) is 0. The lowest BCUT2D eigenvalue weighted by molar-refractivity contribution is -0.116. The van der Waals surface area contributed by atoms with Crippen LogP contribution in [0.5, 0.6) is 0 Å². The minimum Gasteiger partial charge on any atom is -0.311 e. The minimum absolute atomic E-state index is 0.0115. The van der Waals surface area contributed by atoms with Gasteiger partial charge in [-0.25, -0.2) is 0 Å². The summed E-state index contributed by atoms with van der Waals surface area (Å²) in [5.74, 6) is 1.49. The number of carbonyl (C=O) groups excluding carboxylic acids is 1. The van der Waals surface area contributed by atoms with Gasteiger partial charge in [0.2, 0.25) is 5.91 Å². The van der Waals surface area contributed by atoms with Gasteiger partial charge < -0.3 is 13.9 Å².